The Morgan fingerprint density at radius 3 is 2.77 bits per heavy atom. The average Bonchev–Trinajstić information content (AvgIpc) is 3.07. The van der Waals surface area contributed by atoms with Crippen LogP contribution in [0.3, 0.4) is 0 Å². The third-order valence-corrected chi connectivity index (χ3v) is 4.06. The maximum Gasteiger partial charge on any atom is 0.225 e. The summed E-state index contributed by atoms with van der Waals surface area (Å²) in [6.45, 7) is 0.491. The van der Waals surface area contributed by atoms with E-state index in [4.69, 9.17) is 0 Å². The summed E-state index contributed by atoms with van der Waals surface area (Å²) in [5, 5.41) is 4.89. The largest absolute Gasteiger partial charge is 0.352 e. The normalized spacial score (nSPS) is 10.4. The summed E-state index contributed by atoms with van der Waals surface area (Å²) >= 11 is 1.59. The van der Waals surface area contributed by atoms with Gasteiger partial charge >= 0.3 is 0 Å². The van der Waals surface area contributed by atoms with E-state index in [1.807, 2.05) is 41.8 Å². The third-order valence-electron chi connectivity index (χ3n) is 3.19. The maximum absolute atomic E-state index is 11.8. The molecule has 3 heterocycles. The highest BCUT2D eigenvalue weighted by Crippen LogP contribution is 2.15. The van der Waals surface area contributed by atoms with Gasteiger partial charge in [-0.1, -0.05) is 12.1 Å². The van der Waals surface area contributed by atoms with Crippen molar-refractivity contribution in [3.05, 3.63) is 70.8 Å². The molecule has 0 aliphatic carbocycles. The predicted octanol–water partition coefficient (Wildman–Crippen LogP) is 3.06. The van der Waals surface area contributed by atoms with Gasteiger partial charge in [-0.15, -0.1) is 11.3 Å². The third kappa shape index (κ3) is 3.77. The molecule has 0 aromatic carbocycles. The first-order valence-electron chi connectivity index (χ1n) is 6.96. The number of rotatable bonds is 5. The number of carbonyl (C=O) groups excluding carboxylic acids is 1. The van der Waals surface area contributed by atoms with Gasteiger partial charge in [-0.2, -0.15) is 0 Å². The quantitative estimate of drug-likeness (QED) is 0.788. The molecule has 0 saturated heterocycles. The lowest BCUT2D eigenvalue weighted by molar-refractivity contribution is -0.120. The minimum Gasteiger partial charge on any atom is -0.352 e. The molecule has 3 aromatic rings. The van der Waals surface area contributed by atoms with Crippen molar-refractivity contribution >= 4 is 17.2 Å². The number of aromatic nitrogens is 2. The van der Waals surface area contributed by atoms with Gasteiger partial charge in [-0.05, 0) is 35.2 Å². The molecule has 0 radical (unpaired) electrons. The number of pyridine rings is 2. The molecule has 5 heteroatoms. The molecule has 22 heavy (non-hydrogen) atoms. The lowest BCUT2D eigenvalue weighted by Crippen LogP contribution is -2.24. The van der Waals surface area contributed by atoms with Gasteiger partial charge in [-0.3, -0.25) is 14.8 Å². The van der Waals surface area contributed by atoms with Crippen LogP contribution in [0.2, 0.25) is 0 Å². The van der Waals surface area contributed by atoms with E-state index in [9.17, 15) is 4.79 Å². The van der Waals surface area contributed by atoms with Crippen LogP contribution in [-0.4, -0.2) is 15.9 Å². The van der Waals surface area contributed by atoms with Gasteiger partial charge in [-0.25, -0.2) is 0 Å². The molecule has 0 atom stereocenters. The predicted molar refractivity (Wildman–Crippen MR) is 87.3 cm³/mol. The van der Waals surface area contributed by atoms with Crippen molar-refractivity contribution in [3.63, 3.8) is 0 Å². The van der Waals surface area contributed by atoms with Gasteiger partial charge in [0, 0.05) is 35.6 Å². The van der Waals surface area contributed by atoms with E-state index >= 15 is 0 Å². The Balaban J connectivity index is 1.56. The highest BCUT2D eigenvalue weighted by atomic mass is 32.1. The van der Waals surface area contributed by atoms with Crippen LogP contribution in [-0.2, 0) is 17.8 Å². The van der Waals surface area contributed by atoms with Crippen molar-refractivity contribution in [3.8, 4) is 11.3 Å². The van der Waals surface area contributed by atoms with Crippen molar-refractivity contribution < 1.29 is 4.79 Å². The molecule has 1 amide bonds. The maximum atomic E-state index is 11.8. The Bertz CT molecular complexity index is 724. The first kappa shape index (κ1) is 14.4. The molecule has 0 aliphatic rings. The summed E-state index contributed by atoms with van der Waals surface area (Å²) in [5.74, 6) is 0.0267. The molecule has 0 unspecified atom stereocenters. The van der Waals surface area contributed by atoms with Crippen LogP contribution in [0, 0.1) is 0 Å². The summed E-state index contributed by atoms with van der Waals surface area (Å²) in [7, 11) is 0. The van der Waals surface area contributed by atoms with E-state index in [-0.39, 0.29) is 5.91 Å². The van der Waals surface area contributed by atoms with Crippen LogP contribution >= 0.6 is 11.3 Å². The van der Waals surface area contributed by atoms with Gasteiger partial charge in [0.25, 0.3) is 0 Å². The zero-order valence-corrected chi connectivity index (χ0v) is 12.7. The second-order valence-corrected chi connectivity index (χ2v) is 5.86. The summed E-state index contributed by atoms with van der Waals surface area (Å²) in [5.41, 5.74) is 2.84. The summed E-state index contributed by atoms with van der Waals surface area (Å²) < 4.78 is 0. The minimum absolute atomic E-state index is 0.0267. The fourth-order valence-corrected chi connectivity index (χ4v) is 2.75. The monoisotopic (exact) mass is 309 g/mol. The average molecular weight is 309 g/mol. The van der Waals surface area contributed by atoms with Crippen molar-refractivity contribution in [1.82, 2.24) is 15.3 Å². The second-order valence-electron chi connectivity index (χ2n) is 4.83. The van der Waals surface area contributed by atoms with E-state index in [0.717, 1.165) is 21.7 Å². The zero-order valence-electron chi connectivity index (χ0n) is 11.9. The molecular formula is C17H15N3OS. The Hall–Kier alpha value is -2.53. The fraction of sp³-hybridized carbons (Fsp3) is 0.118. The van der Waals surface area contributed by atoms with Crippen LogP contribution in [0.5, 0.6) is 0 Å². The van der Waals surface area contributed by atoms with Gasteiger partial charge in [0.05, 0.1) is 12.1 Å². The summed E-state index contributed by atoms with van der Waals surface area (Å²) in [6, 6.07) is 11.7. The van der Waals surface area contributed by atoms with Crippen molar-refractivity contribution in [2.75, 3.05) is 0 Å². The molecule has 1 N–H and O–H groups in total. The second kappa shape index (κ2) is 6.95. The molecule has 3 aromatic heterocycles. The molecule has 4 nitrogen and oxygen atoms in total. The lowest BCUT2D eigenvalue weighted by atomic mass is 10.1. The number of carbonyl (C=O) groups is 1. The first-order chi connectivity index (χ1) is 10.8. The van der Waals surface area contributed by atoms with Crippen molar-refractivity contribution in [2.24, 2.45) is 0 Å². The molecular weight excluding hydrogens is 294 g/mol. The zero-order chi connectivity index (χ0) is 15.2. The number of nitrogens with one attached hydrogen (secondary N) is 1. The summed E-state index contributed by atoms with van der Waals surface area (Å²) in [4.78, 5) is 21.4. The number of hydrogen-bond donors (Lipinski definition) is 1. The number of hydrogen-bond acceptors (Lipinski definition) is 4. The SMILES string of the molecule is O=C(Cc1cccs1)NCc1ccc(-c2cccnc2)nc1. The van der Waals surface area contributed by atoms with Crippen LogP contribution in [0.25, 0.3) is 11.3 Å². The fourth-order valence-electron chi connectivity index (χ4n) is 2.05. The van der Waals surface area contributed by atoms with Gasteiger partial charge in [0.1, 0.15) is 0 Å². The minimum atomic E-state index is 0.0267. The van der Waals surface area contributed by atoms with Crippen LogP contribution in [0.15, 0.2) is 60.4 Å². The van der Waals surface area contributed by atoms with Crippen molar-refractivity contribution in [1.29, 1.82) is 0 Å². The van der Waals surface area contributed by atoms with E-state index in [1.54, 1.807) is 29.9 Å². The highest BCUT2D eigenvalue weighted by molar-refractivity contribution is 7.10. The van der Waals surface area contributed by atoms with Gasteiger partial charge in [0.2, 0.25) is 5.91 Å². The lowest BCUT2D eigenvalue weighted by Gasteiger charge is -2.05. The number of thiophene rings is 1. The molecule has 0 aliphatic heterocycles. The topological polar surface area (TPSA) is 54.9 Å². The van der Waals surface area contributed by atoms with Crippen LogP contribution in [0.4, 0.5) is 0 Å². The standard InChI is InChI=1S/C17H15N3OS/c21-17(9-15-4-2-8-22-15)20-11-13-5-6-16(19-10-13)14-3-1-7-18-12-14/h1-8,10,12H,9,11H2,(H,20,21). The van der Waals surface area contributed by atoms with E-state index in [2.05, 4.69) is 15.3 Å². The Morgan fingerprint density at radius 1 is 1.14 bits per heavy atom. The molecule has 0 saturated carbocycles. The Morgan fingerprint density at radius 2 is 2.09 bits per heavy atom. The molecule has 0 fully saturated rings. The van der Waals surface area contributed by atoms with Crippen molar-refractivity contribution in [2.45, 2.75) is 13.0 Å². The van der Waals surface area contributed by atoms with Gasteiger partial charge < -0.3 is 5.32 Å². The number of nitrogens with zero attached hydrogens (tertiary/aromatic N) is 2. The van der Waals surface area contributed by atoms with E-state index in [1.165, 1.54) is 0 Å². The van der Waals surface area contributed by atoms with Gasteiger partial charge in [0.15, 0.2) is 0 Å². The molecule has 0 spiro atoms. The van der Waals surface area contributed by atoms with Crippen LogP contribution in [0.1, 0.15) is 10.4 Å². The first-order valence-corrected chi connectivity index (χ1v) is 7.83. The molecule has 3 rings (SSSR count). The summed E-state index contributed by atoms with van der Waals surface area (Å²) in [6.07, 6.45) is 5.73. The molecule has 110 valence electrons. The Kier molecular flexibility index (Phi) is 4.56. The highest BCUT2D eigenvalue weighted by Gasteiger charge is 2.05. The van der Waals surface area contributed by atoms with Crippen LogP contribution < -0.4 is 5.32 Å². The molecule has 0 bridgehead atoms. The number of amides is 1. The Labute approximate surface area is 132 Å². The van der Waals surface area contributed by atoms with E-state index < -0.39 is 0 Å². The smallest absolute Gasteiger partial charge is 0.225 e. The van der Waals surface area contributed by atoms with E-state index in [0.29, 0.717) is 13.0 Å².